The largest absolute Gasteiger partial charge is 0.101 e. The predicted octanol–water partition coefficient (Wildman–Crippen LogP) is 4.04. The van der Waals surface area contributed by atoms with E-state index in [1.165, 1.54) is 24.0 Å². The third-order valence-electron chi connectivity index (χ3n) is 3.18. The van der Waals surface area contributed by atoms with E-state index in [4.69, 9.17) is 0 Å². The topological polar surface area (TPSA) is 0 Å². The van der Waals surface area contributed by atoms with Crippen molar-refractivity contribution in [2.45, 2.75) is 33.6 Å². The lowest BCUT2D eigenvalue weighted by atomic mass is 9.86. The second-order valence-corrected chi connectivity index (χ2v) is 4.66. The molecule has 0 spiro atoms. The molecule has 0 aliphatic heterocycles. The molecule has 1 aliphatic carbocycles. The molecular formula is C16H18. The fraction of sp³-hybridized carbons (Fsp3) is 0.375. The van der Waals surface area contributed by atoms with Crippen molar-refractivity contribution < 1.29 is 0 Å². The third-order valence-corrected chi connectivity index (χ3v) is 3.18. The van der Waals surface area contributed by atoms with Crippen LogP contribution in [0.15, 0.2) is 23.8 Å². The van der Waals surface area contributed by atoms with Gasteiger partial charge in [0.15, 0.2) is 0 Å². The van der Waals surface area contributed by atoms with Gasteiger partial charge < -0.3 is 0 Å². The van der Waals surface area contributed by atoms with Crippen LogP contribution >= 0.6 is 0 Å². The Bertz CT molecular complexity index is 478. The van der Waals surface area contributed by atoms with E-state index < -0.39 is 0 Å². The van der Waals surface area contributed by atoms with Crippen molar-refractivity contribution in [3.05, 3.63) is 40.5 Å². The molecule has 1 aliphatic rings. The van der Waals surface area contributed by atoms with Crippen molar-refractivity contribution in [3.63, 3.8) is 0 Å². The molecule has 1 aromatic rings. The highest BCUT2D eigenvalue weighted by Crippen LogP contribution is 2.28. The monoisotopic (exact) mass is 210 g/mol. The number of rotatable bonds is 1. The van der Waals surface area contributed by atoms with Crippen molar-refractivity contribution in [1.82, 2.24) is 0 Å². The number of benzene rings is 1. The molecular weight excluding hydrogens is 192 g/mol. The molecule has 16 heavy (non-hydrogen) atoms. The van der Waals surface area contributed by atoms with E-state index >= 15 is 0 Å². The number of allylic oxidation sites excluding steroid dienone is 1. The van der Waals surface area contributed by atoms with Crippen molar-refractivity contribution in [2.75, 3.05) is 0 Å². The molecule has 0 nitrogen and oxygen atoms in total. The molecule has 0 bridgehead atoms. The second-order valence-electron chi connectivity index (χ2n) is 4.66. The third kappa shape index (κ3) is 2.19. The van der Waals surface area contributed by atoms with Crippen molar-refractivity contribution in [3.8, 4) is 11.8 Å². The van der Waals surface area contributed by atoms with Crippen LogP contribution in [0.5, 0.6) is 0 Å². The van der Waals surface area contributed by atoms with E-state index in [0.717, 1.165) is 5.56 Å². The molecule has 0 heterocycles. The molecule has 0 radical (unpaired) electrons. The lowest BCUT2D eigenvalue weighted by Gasteiger charge is -2.19. The summed E-state index contributed by atoms with van der Waals surface area (Å²) in [6.07, 6.45) is 4.72. The Morgan fingerprint density at radius 3 is 2.69 bits per heavy atom. The zero-order valence-electron chi connectivity index (χ0n) is 10.3. The van der Waals surface area contributed by atoms with Crippen LogP contribution in [0.1, 0.15) is 43.9 Å². The normalized spacial score (nSPS) is 13.9. The molecule has 0 aromatic heterocycles. The van der Waals surface area contributed by atoms with E-state index in [0.29, 0.717) is 5.92 Å². The van der Waals surface area contributed by atoms with Gasteiger partial charge in [-0.1, -0.05) is 37.5 Å². The Morgan fingerprint density at radius 1 is 1.19 bits per heavy atom. The minimum Gasteiger partial charge on any atom is -0.101 e. The summed E-state index contributed by atoms with van der Waals surface area (Å²) in [6, 6.07) is 6.56. The van der Waals surface area contributed by atoms with Crippen molar-refractivity contribution >= 4 is 6.08 Å². The molecule has 0 amide bonds. The standard InChI is InChI=1S/C16H18/c1-4-5-13-6-7-16-11-14(12(2)3)8-9-15(16)10-13/h6-7,10-12H,8-9H2,1-3H3. The average molecular weight is 210 g/mol. The van der Waals surface area contributed by atoms with Gasteiger partial charge in [-0.3, -0.25) is 0 Å². The van der Waals surface area contributed by atoms with Gasteiger partial charge in [0, 0.05) is 5.56 Å². The van der Waals surface area contributed by atoms with Gasteiger partial charge in [0.2, 0.25) is 0 Å². The molecule has 0 N–H and O–H groups in total. The maximum absolute atomic E-state index is 3.12. The first-order valence-corrected chi connectivity index (χ1v) is 5.97. The molecule has 82 valence electrons. The van der Waals surface area contributed by atoms with E-state index in [1.807, 2.05) is 6.92 Å². The van der Waals surface area contributed by atoms with Crippen LogP contribution in [0, 0.1) is 17.8 Å². The molecule has 0 heteroatoms. The smallest absolute Gasteiger partial charge is 0.0248 e. The minimum absolute atomic E-state index is 0.670. The SMILES string of the molecule is CC#Cc1ccc2c(c1)CCC(C(C)C)=C2. The van der Waals surface area contributed by atoms with E-state index in [2.05, 4.69) is 50.0 Å². The summed E-state index contributed by atoms with van der Waals surface area (Å²) >= 11 is 0. The van der Waals surface area contributed by atoms with Gasteiger partial charge in [0.25, 0.3) is 0 Å². The molecule has 0 atom stereocenters. The van der Waals surface area contributed by atoms with E-state index in [9.17, 15) is 0 Å². The molecule has 1 aromatic carbocycles. The van der Waals surface area contributed by atoms with Crippen LogP contribution < -0.4 is 0 Å². The van der Waals surface area contributed by atoms with Gasteiger partial charge in [-0.15, -0.1) is 5.92 Å². The summed E-state index contributed by atoms with van der Waals surface area (Å²) in [5.41, 5.74) is 5.55. The fourth-order valence-corrected chi connectivity index (χ4v) is 2.19. The summed E-state index contributed by atoms with van der Waals surface area (Å²) in [4.78, 5) is 0. The lowest BCUT2D eigenvalue weighted by molar-refractivity contribution is 0.709. The molecule has 2 rings (SSSR count). The molecule has 0 fully saturated rings. The Hall–Kier alpha value is -1.48. The highest BCUT2D eigenvalue weighted by atomic mass is 14.2. The molecule has 0 unspecified atom stereocenters. The lowest BCUT2D eigenvalue weighted by Crippen LogP contribution is -2.04. The summed E-state index contributed by atoms with van der Waals surface area (Å²) in [5.74, 6) is 6.74. The number of fused-ring (bicyclic) bond motifs is 1. The van der Waals surface area contributed by atoms with Crippen LogP contribution in [0.3, 0.4) is 0 Å². The zero-order chi connectivity index (χ0) is 11.5. The van der Waals surface area contributed by atoms with Gasteiger partial charge in [-0.05, 0) is 48.9 Å². The summed E-state index contributed by atoms with van der Waals surface area (Å²) in [6.45, 7) is 6.43. The number of hydrogen-bond donors (Lipinski definition) is 0. The Labute approximate surface area is 98.4 Å². The molecule has 0 saturated heterocycles. The highest BCUT2D eigenvalue weighted by molar-refractivity contribution is 5.61. The first-order valence-electron chi connectivity index (χ1n) is 5.97. The van der Waals surface area contributed by atoms with Crippen LogP contribution in [0.4, 0.5) is 0 Å². The predicted molar refractivity (Wildman–Crippen MR) is 70.1 cm³/mol. The summed E-state index contributed by atoms with van der Waals surface area (Å²) in [5, 5.41) is 0. The fourth-order valence-electron chi connectivity index (χ4n) is 2.19. The van der Waals surface area contributed by atoms with Gasteiger partial charge in [0.1, 0.15) is 0 Å². The van der Waals surface area contributed by atoms with Crippen LogP contribution in [-0.2, 0) is 6.42 Å². The van der Waals surface area contributed by atoms with Gasteiger partial charge in [-0.25, -0.2) is 0 Å². The Morgan fingerprint density at radius 2 is 2.00 bits per heavy atom. The molecule has 0 saturated carbocycles. The Balaban J connectivity index is 2.38. The maximum atomic E-state index is 3.12. The summed E-state index contributed by atoms with van der Waals surface area (Å²) in [7, 11) is 0. The zero-order valence-corrected chi connectivity index (χ0v) is 10.3. The second kappa shape index (κ2) is 4.58. The van der Waals surface area contributed by atoms with Gasteiger partial charge >= 0.3 is 0 Å². The Kier molecular flexibility index (Phi) is 3.15. The first kappa shape index (κ1) is 11.0. The maximum Gasteiger partial charge on any atom is 0.0248 e. The van der Waals surface area contributed by atoms with Crippen LogP contribution in [-0.4, -0.2) is 0 Å². The van der Waals surface area contributed by atoms with Gasteiger partial charge in [0.05, 0.1) is 0 Å². The number of aryl methyl sites for hydroxylation is 1. The minimum atomic E-state index is 0.670. The van der Waals surface area contributed by atoms with Gasteiger partial charge in [-0.2, -0.15) is 0 Å². The highest BCUT2D eigenvalue weighted by Gasteiger charge is 2.12. The van der Waals surface area contributed by atoms with Crippen molar-refractivity contribution in [1.29, 1.82) is 0 Å². The quantitative estimate of drug-likeness (QED) is 0.614. The summed E-state index contributed by atoms with van der Waals surface area (Å²) < 4.78 is 0. The van der Waals surface area contributed by atoms with E-state index in [1.54, 1.807) is 5.57 Å². The average Bonchev–Trinajstić information content (AvgIpc) is 2.28. The van der Waals surface area contributed by atoms with Crippen LogP contribution in [0.2, 0.25) is 0 Å². The van der Waals surface area contributed by atoms with Crippen LogP contribution in [0.25, 0.3) is 6.08 Å². The van der Waals surface area contributed by atoms with Crippen molar-refractivity contribution in [2.24, 2.45) is 5.92 Å². The first-order chi connectivity index (χ1) is 7.70. The number of hydrogen-bond acceptors (Lipinski definition) is 0. The van der Waals surface area contributed by atoms with E-state index in [-0.39, 0.29) is 0 Å².